The van der Waals surface area contributed by atoms with Gasteiger partial charge in [0.05, 0.1) is 19.8 Å². The Morgan fingerprint density at radius 2 is 1.23 bits per heavy atom. The largest absolute Gasteiger partial charge is 0.490 e. The topological polar surface area (TPSA) is 27.7 Å². The Morgan fingerprint density at radius 1 is 0.667 bits per heavy atom. The van der Waals surface area contributed by atoms with Crippen molar-refractivity contribution in [2.75, 3.05) is 19.8 Å². The zero-order valence-electron chi connectivity index (χ0n) is 24.3. The van der Waals surface area contributed by atoms with Gasteiger partial charge in [0.2, 0.25) is 5.82 Å². The minimum Gasteiger partial charge on any atom is -0.490 e. The molecule has 1 aliphatic rings. The zero-order valence-corrected chi connectivity index (χ0v) is 24.3. The lowest BCUT2D eigenvalue weighted by Gasteiger charge is -2.30. The molecule has 39 heavy (non-hydrogen) atoms. The second-order valence-electron chi connectivity index (χ2n) is 11.1. The normalized spacial score (nSPS) is 17.4. The summed E-state index contributed by atoms with van der Waals surface area (Å²) < 4.78 is 46.7. The quantitative estimate of drug-likeness (QED) is 0.165. The molecular formula is C34H50F2O3. The maximum absolute atomic E-state index is 14.8. The van der Waals surface area contributed by atoms with Crippen LogP contribution in [0.4, 0.5) is 8.78 Å². The van der Waals surface area contributed by atoms with Crippen molar-refractivity contribution in [3.05, 3.63) is 64.7 Å². The highest BCUT2D eigenvalue weighted by atomic mass is 19.2. The zero-order chi connectivity index (χ0) is 27.7. The van der Waals surface area contributed by atoms with Gasteiger partial charge in [0, 0.05) is 11.5 Å². The van der Waals surface area contributed by atoms with Gasteiger partial charge < -0.3 is 14.2 Å². The van der Waals surface area contributed by atoms with Gasteiger partial charge in [0.15, 0.2) is 17.9 Å². The molecule has 3 nitrogen and oxygen atoms in total. The summed E-state index contributed by atoms with van der Waals surface area (Å²) in [6.07, 6.45) is 17.4. The molecule has 3 rings (SSSR count). The molecule has 1 heterocycles. The van der Waals surface area contributed by atoms with Crippen LogP contribution in [-0.2, 0) is 15.9 Å². The molecule has 0 amide bonds. The summed E-state index contributed by atoms with van der Waals surface area (Å²) >= 11 is 0. The highest BCUT2D eigenvalue weighted by molar-refractivity contribution is 5.32. The molecule has 0 saturated carbocycles. The Hall–Kier alpha value is -1.98. The molecule has 0 aliphatic carbocycles. The third-order valence-corrected chi connectivity index (χ3v) is 7.75. The number of ether oxygens (including phenoxy) is 3. The van der Waals surface area contributed by atoms with Crippen LogP contribution in [0.25, 0.3) is 0 Å². The number of unbranched alkanes of at least 4 members (excludes halogenated alkanes) is 12. The number of rotatable bonds is 19. The first-order valence-electron chi connectivity index (χ1n) is 15.6. The number of benzene rings is 2. The van der Waals surface area contributed by atoms with Crippen LogP contribution in [-0.4, -0.2) is 19.8 Å². The number of aryl methyl sites for hydroxylation is 1. The van der Waals surface area contributed by atoms with Crippen molar-refractivity contribution in [1.82, 2.24) is 0 Å². The smallest absolute Gasteiger partial charge is 0.201 e. The second-order valence-corrected chi connectivity index (χ2v) is 11.1. The van der Waals surface area contributed by atoms with Gasteiger partial charge in [-0.3, -0.25) is 0 Å². The Morgan fingerprint density at radius 3 is 1.85 bits per heavy atom. The third-order valence-electron chi connectivity index (χ3n) is 7.75. The molecule has 0 N–H and O–H groups in total. The molecule has 0 unspecified atom stereocenters. The van der Waals surface area contributed by atoms with E-state index < -0.39 is 17.9 Å². The third kappa shape index (κ3) is 10.8. The number of halogens is 2. The van der Waals surface area contributed by atoms with Crippen LogP contribution in [0.3, 0.4) is 0 Å². The van der Waals surface area contributed by atoms with Crippen molar-refractivity contribution in [2.45, 2.75) is 122 Å². The van der Waals surface area contributed by atoms with Crippen LogP contribution in [0.15, 0.2) is 36.4 Å². The average Bonchev–Trinajstić information content (AvgIpc) is 2.96. The van der Waals surface area contributed by atoms with Gasteiger partial charge in [0.25, 0.3) is 0 Å². The van der Waals surface area contributed by atoms with E-state index >= 15 is 0 Å². The highest BCUT2D eigenvalue weighted by Crippen LogP contribution is 2.34. The average molecular weight is 545 g/mol. The van der Waals surface area contributed by atoms with Gasteiger partial charge in [-0.2, -0.15) is 4.39 Å². The monoisotopic (exact) mass is 544 g/mol. The van der Waals surface area contributed by atoms with E-state index in [4.69, 9.17) is 14.2 Å². The molecule has 2 aromatic rings. The van der Waals surface area contributed by atoms with Crippen molar-refractivity contribution in [3.63, 3.8) is 0 Å². The van der Waals surface area contributed by atoms with Gasteiger partial charge in [-0.25, -0.2) is 4.39 Å². The van der Waals surface area contributed by atoms with Crippen LogP contribution in [0.5, 0.6) is 5.75 Å². The van der Waals surface area contributed by atoms with E-state index in [-0.39, 0.29) is 17.2 Å². The Labute approximate surface area is 235 Å². The first kappa shape index (κ1) is 31.5. The van der Waals surface area contributed by atoms with Gasteiger partial charge in [-0.15, -0.1) is 0 Å². The Balaban J connectivity index is 1.38. The summed E-state index contributed by atoms with van der Waals surface area (Å²) in [5.41, 5.74) is 2.59. The Bertz CT molecular complexity index is 923. The Kier molecular flexibility index (Phi) is 14.9. The van der Waals surface area contributed by atoms with E-state index in [1.807, 2.05) is 0 Å². The predicted octanol–water partition coefficient (Wildman–Crippen LogP) is 10.2. The van der Waals surface area contributed by atoms with Crippen molar-refractivity contribution >= 4 is 0 Å². The predicted molar refractivity (Wildman–Crippen MR) is 155 cm³/mol. The number of hydrogen-bond donors (Lipinski definition) is 0. The van der Waals surface area contributed by atoms with Crippen LogP contribution >= 0.6 is 0 Å². The van der Waals surface area contributed by atoms with E-state index in [9.17, 15) is 8.78 Å². The molecule has 1 aliphatic heterocycles. The molecular weight excluding hydrogens is 494 g/mol. The van der Waals surface area contributed by atoms with E-state index in [1.165, 1.54) is 88.3 Å². The lowest BCUT2D eigenvalue weighted by atomic mass is 9.97. The molecule has 5 heteroatoms. The summed E-state index contributed by atoms with van der Waals surface area (Å²) in [5.74, 6) is -1.90. The maximum Gasteiger partial charge on any atom is 0.201 e. The first-order chi connectivity index (χ1) is 19.1. The van der Waals surface area contributed by atoms with Gasteiger partial charge >= 0.3 is 0 Å². The summed E-state index contributed by atoms with van der Waals surface area (Å²) in [4.78, 5) is 0. The summed E-state index contributed by atoms with van der Waals surface area (Å²) in [7, 11) is 0. The van der Waals surface area contributed by atoms with Crippen LogP contribution in [0, 0.1) is 11.6 Å². The molecule has 0 aromatic heterocycles. The van der Waals surface area contributed by atoms with Crippen LogP contribution in [0.2, 0.25) is 0 Å². The van der Waals surface area contributed by atoms with Gasteiger partial charge in [-0.05, 0) is 42.5 Å². The van der Waals surface area contributed by atoms with Gasteiger partial charge in [-0.1, -0.05) is 115 Å². The molecule has 0 bridgehead atoms. The van der Waals surface area contributed by atoms with Crippen LogP contribution < -0.4 is 4.74 Å². The highest BCUT2D eigenvalue weighted by Gasteiger charge is 2.29. The molecule has 0 radical (unpaired) electrons. The molecule has 2 aromatic carbocycles. The molecule has 1 saturated heterocycles. The van der Waals surface area contributed by atoms with E-state index in [1.54, 1.807) is 0 Å². The van der Waals surface area contributed by atoms with Crippen molar-refractivity contribution in [2.24, 2.45) is 0 Å². The fourth-order valence-electron chi connectivity index (χ4n) is 5.20. The standard InChI is InChI=1S/C34H50F2O3/c1-3-5-7-9-11-13-15-17-27-18-20-28(21-19-27)29-25-38-34(39-26-29)30-22-23-31(33(36)32(30)35)37-24-16-14-12-10-8-6-4-2/h18-23,29,34H,3-17,24-26H2,1-2H3. The fourth-order valence-corrected chi connectivity index (χ4v) is 5.20. The van der Waals surface area contributed by atoms with Crippen molar-refractivity contribution in [1.29, 1.82) is 0 Å². The lowest BCUT2D eigenvalue weighted by Crippen LogP contribution is -2.26. The SMILES string of the molecule is CCCCCCCCCOc1ccc(C2OCC(c3ccc(CCCCCCCCC)cc3)CO2)c(F)c1F. The molecule has 1 fully saturated rings. The van der Waals surface area contributed by atoms with E-state index in [2.05, 4.69) is 38.1 Å². The van der Waals surface area contributed by atoms with Crippen molar-refractivity contribution in [3.8, 4) is 5.75 Å². The van der Waals surface area contributed by atoms with E-state index in [0.29, 0.717) is 19.8 Å². The maximum atomic E-state index is 14.8. The van der Waals surface area contributed by atoms with Gasteiger partial charge in [0.1, 0.15) is 0 Å². The van der Waals surface area contributed by atoms with E-state index in [0.717, 1.165) is 31.2 Å². The first-order valence-corrected chi connectivity index (χ1v) is 15.6. The lowest BCUT2D eigenvalue weighted by molar-refractivity contribution is -0.193. The summed E-state index contributed by atoms with van der Waals surface area (Å²) in [6.45, 7) is 5.65. The minimum atomic E-state index is -0.971. The minimum absolute atomic E-state index is 0.0486. The number of hydrogen-bond acceptors (Lipinski definition) is 3. The molecule has 0 atom stereocenters. The summed E-state index contributed by atoms with van der Waals surface area (Å²) in [5, 5.41) is 0. The summed E-state index contributed by atoms with van der Waals surface area (Å²) in [6, 6.07) is 11.7. The fraction of sp³-hybridized carbons (Fsp3) is 0.647. The van der Waals surface area contributed by atoms with Crippen molar-refractivity contribution < 1.29 is 23.0 Å². The second kappa shape index (κ2) is 18.4. The molecule has 0 spiro atoms. The van der Waals surface area contributed by atoms with Crippen LogP contribution in [0.1, 0.15) is 133 Å². The molecule has 218 valence electrons.